The van der Waals surface area contributed by atoms with Crippen molar-refractivity contribution in [2.75, 3.05) is 19.6 Å². The van der Waals surface area contributed by atoms with Gasteiger partial charge in [-0.3, -0.25) is 9.59 Å². The van der Waals surface area contributed by atoms with Gasteiger partial charge in [-0.25, -0.2) is 0 Å². The number of nitrogens with one attached hydrogen (secondary N) is 1. The number of piperidine rings is 1. The summed E-state index contributed by atoms with van der Waals surface area (Å²) in [6.07, 6.45) is 2.96. The van der Waals surface area contributed by atoms with Gasteiger partial charge in [0, 0.05) is 26.6 Å². The molecule has 1 rings (SSSR count). The standard InChI is InChI=1S/C14H27N3O2/c1-4-10(2)13(15)14(19)17-7-5-6-12(9-17)8-16-11(3)18/h10,12-13H,4-9,15H2,1-3H3,(H,16,18). The first-order valence-electron chi connectivity index (χ1n) is 7.24. The summed E-state index contributed by atoms with van der Waals surface area (Å²) in [7, 11) is 0. The molecule has 110 valence electrons. The van der Waals surface area contributed by atoms with E-state index in [9.17, 15) is 9.59 Å². The number of carbonyl (C=O) groups excluding carboxylic acids is 2. The van der Waals surface area contributed by atoms with Crippen LogP contribution in [0.2, 0.25) is 0 Å². The first kappa shape index (κ1) is 16.0. The van der Waals surface area contributed by atoms with E-state index in [1.165, 1.54) is 6.92 Å². The number of hydrogen-bond acceptors (Lipinski definition) is 3. The quantitative estimate of drug-likeness (QED) is 0.773. The second-order valence-corrected chi connectivity index (χ2v) is 5.64. The maximum absolute atomic E-state index is 12.3. The summed E-state index contributed by atoms with van der Waals surface area (Å²) in [5, 5.41) is 2.83. The molecule has 19 heavy (non-hydrogen) atoms. The minimum Gasteiger partial charge on any atom is -0.356 e. The highest BCUT2D eigenvalue weighted by Gasteiger charge is 2.29. The number of nitrogens with two attached hydrogens (primary N) is 1. The molecule has 0 saturated carbocycles. The van der Waals surface area contributed by atoms with Gasteiger partial charge in [0.05, 0.1) is 6.04 Å². The lowest BCUT2D eigenvalue weighted by Crippen LogP contribution is -2.51. The van der Waals surface area contributed by atoms with Crippen LogP contribution in [0.3, 0.4) is 0 Å². The maximum Gasteiger partial charge on any atom is 0.239 e. The van der Waals surface area contributed by atoms with Crippen LogP contribution in [0.15, 0.2) is 0 Å². The molecule has 1 fully saturated rings. The molecule has 0 aliphatic carbocycles. The van der Waals surface area contributed by atoms with Gasteiger partial charge in [0.1, 0.15) is 0 Å². The average molecular weight is 269 g/mol. The van der Waals surface area contributed by atoms with Gasteiger partial charge >= 0.3 is 0 Å². The number of likely N-dealkylation sites (tertiary alicyclic amines) is 1. The fourth-order valence-corrected chi connectivity index (χ4v) is 2.43. The number of carbonyl (C=O) groups is 2. The minimum atomic E-state index is -0.399. The van der Waals surface area contributed by atoms with Crippen molar-refractivity contribution >= 4 is 11.8 Å². The Kier molecular flexibility index (Phi) is 6.28. The van der Waals surface area contributed by atoms with Gasteiger partial charge in [-0.15, -0.1) is 0 Å². The molecule has 1 saturated heterocycles. The van der Waals surface area contributed by atoms with Gasteiger partial charge in [0.2, 0.25) is 11.8 Å². The van der Waals surface area contributed by atoms with Crippen molar-refractivity contribution < 1.29 is 9.59 Å². The van der Waals surface area contributed by atoms with Crippen molar-refractivity contribution in [2.45, 2.75) is 46.1 Å². The van der Waals surface area contributed by atoms with Gasteiger partial charge in [0.25, 0.3) is 0 Å². The molecular weight excluding hydrogens is 242 g/mol. The zero-order valence-electron chi connectivity index (χ0n) is 12.3. The minimum absolute atomic E-state index is 0.0141. The molecule has 0 aromatic heterocycles. The smallest absolute Gasteiger partial charge is 0.239 e. The van der Waals surface area contributed by atoms with E-state index >= 15 is 0 Å². The molecular formula is C14H27N3O2. The summed E-state index contributed by atoms with van der Waals surface area (Å²) in [6.45, 7) is 7.74. The van der Waals surface area contributed by atoms with Crippen LogP contribution in [0.25, 0.3) is 0 Å². The highest BCUT2D eigenvalue weighted by atomic mass is 16.2. The molecule has 5 heteroatoms. The first-order valence-corrected chi connectivity index (χ1v) is 7.24. The van der Waals surface area contributed by atoms with Crippen LogP contribution in [0.5, 0.6) is 0 Å². The van der Waals surface area contributed by atoms with Crippen molar-refractivity contribution in [3.8, 4) is 0 Å². The normalized spacial score (nSPS) is 22.7. The highest BCUT2D eigenvalue weighted by Crippen LogP contribution is 2.18. The predicted octanol–water partition coefficient (Wildman–Crippen LogP) is 0.735. The molecule has 1 aliphatic heterocycles. The summed E-state index contributed by atoms with van der Waals surface area (Å²) in [5.41, 5.74) is 6.01. The van der Waals surface area contributed by atoms with E-state index in [-0.39, 0.29) is 17.7 Å². The molecule has 1 aliphatic rings. The Balaban J connectivity index is 2.49. The Morgan fingerprint density at radius 1 is 1.47 bits per heavy atom. The summed E-state index contributed by atoms with van der Waals surface area (Å²) in [5.74, 6) is 0.607. The second-order valence-electron chi connectivity index (χ2n) is 5.64. The van der Waals surface area contributed by atoms with Crippen molar-refractivity contribution in [1.29, 1.82) is 0 Å². The number of amides is 2. The Labute approximate surface area is 115 Å². The molecule has 0 bridgehead atoms. The summed E-state index contributed by atoms with van der Waals surface area (Å²) in [4.78, 5) is 25.1. The average Bonchev–Trinajstić information content (AvgIpc) is 2.42. The fourth-order valence-electron chi connectivity index (χ4n) is 2.43. The monoisotopic (exact) mass is 269 g/mol. The lowest BCUT2D eigenvalue weighted by Gasteiger charge is -2.35. The van der Waals surface area contributed by atoms with Crippen molar-refractivity contribution in [3.63, 3.8) is 0 Å². The van der Waals surface area contributed by atoms with Gasteiger partial charge < -0.3 is 16.0 Å². The number of rotatable bonds is 5. The van der Waals surface area contributed by atoms with Gasteiger partial charge in [-0.05, 0) is 24.7 Å². The van der Waals surface area contributed by atoms with Crippen LogP contribution in [-0.4, -0.2) is 42.4 Å². The molecule has 0 radical (unpaired) electrons. The highest BCUT2D eigenvalue weighted by molar-refractivity contribution is 5.82. The lowest BCUT2D eigenvalue weighted by molar-refractivity contribution is -0.135. The Hall–Kier alpha value is -1.10. The molecule has 0 aromatic carbocycles. The van der Waals surface area contributed by atoms with Crippen LogP contribution in [0.1, 0.15) is 40.0 Å². The number of hydrogen-bond donors (Lipinski definition) is 2. The molecule has 2 amide bonds. The molecule has 5 nitrogen and oxygen atoms in total. The van der Waals surface area contributed by atoms with Gasteiger partial charge in [-0.1, -0.05) is 20.3 Å². The van der Waals surface area contributed by atoms with Crippen LogP contribution in [0.4, 0.5) is 0 Å². The third-order valence-corrected chi connectivity index (χ3v) is 4.01. The van der Waals surface area contributed by atoms with Crippen molar-refractivity contribution in [3.05, 3.63) is 0 Å². The van der Waals surface area contributed by atoms with E-state index in [0.29, 0.717) is 19.0 Å². The van der Waals surface area contributed by atoms with E-state index in [4.69, 9.17) is 5.73 Å². The summed E-state index contributed by atoms with van der Waals surface area (Å²) >= 11 is 0. The third kappa shape index (κ3) is 4.82. The molecule has 3 atom stereocenters. The van der Waals surface area contributed by atoms with E-state index < -0.39 is 6.04 Å². The molecule has 3 N–H and O–H groups in total. The van der Waals surface area contributed by atoms with Crippen molar-refractivity contribution in [2.24, 2.45) is 17.6 Å². The fraction of sp³-hybridized carbons (Fsp3) is 0.857. The molecule has 0 aromatic rings. The summed E-state index contributed by atoms with van der Waals surface area (Å²) in [6, 6.07) is -0.399. The van der Waals surface area contributed by atoms with E-state index in [1.54, 1.807) is 0 Å². The Bertz CT molecular complexity index is 320. The predicted molar refractivity (Wildman–Crippen MR) is 75.4 cm³/mol. The number of nitrogens with zero attached hydrogens (tertiary/aromatic N) is 1. The topological polar surface area (TPSA) is 75.4 Å². The second kappa shape index (κ2) is 7.48. The van der Waals surface area contributed by atoms with Crippen LogP contribution >= 0.6 is 0 Å². The van der Waals surface area contributed by atoms with Gasteiger partial charge in [0.15, 0.2) is 0 Å². The SMILES string of the molecule is CCC(C)C(N)C(=O)N1CCCC(CNC(C)=O)C1. The molecule has 0 spiro atoms. The zero-order chi connectivity index (χ0) is 14.4. The largest absolute Gasteiger partial charge is 0.356 e. The van der Waals surface area contributed by atoms with E-state index in [2.05, 4.69) is 5.32 Å². The zero-order valence-corrected chi connectivity index (χ0v) is 12.3. The van der Waals surface area contributed by atoms with Crippen molar-refractivity contribution in [1.82, 2.24) is 10.2 Å². The lowest BCUT2D eigenvalue weighted by atomic mass is 9.94. The Morgan fingerprint density at radius 2 is 2.16 bits per heavy atom. The van der Waals surface area contributed by atoms with Crippen LogP contribution in [0, 0.1) is 11.8 Å². The van der Waals surface area contributed by atoms with Gasteiger partial charge in [-0.2, -0.15) is 0 Å². The maximum atomic E-state index is 12.3. The molecule has 3 unspecified atom stereocenters. The molecule has 1 heterocycles. The van der Waals surface area contributed by atoms with E-state index in [0.717, 1.165) is 25.8 Å². The van der Waals surface area contributed by atoms with Crippen LogP contribution in [-0.2, 0) is 9.59 Å². The Morgan fingerprint density at radius 3 is 2.74 bits per heavy atom. The third-order valence-electron chi connectivity index (χ3n) is 4.01. The first-order chi connectivity index (χ1) is 8.95. The van der Waals surface area contributed by atoms with E-state index in [1.807, 2.05) is 18.7 Å². The van der Waals surface area contributed by atoms with Crippen LogP contribution < -0.4 is 11.1 Å². The summed E-state index contributed by atoms with van der Waals surface area (Å²) < 4.78 is 0.